The van der Waals surface area contributed by atoms with Gasteiger partial charge in [0.15, 0.2) is 0 Å². The first kappa shape index (κ1) is 11.3. The summed E-state index contributed by atoms with van der Waals surface area (Å²) in [5, 5.41) is 1.15. The second-order valence-electron chi connectivity index (χ2n) is 4.92. The first-order valence-electron chi connectivity index (χ1n) is 6.58. The molecule has 1 aromatic carbocycles. The van der Waals surface area contributed by atoms with E-state index in [1.54, 1.807) is 6.92 Å². The van der Waals surface area contributed by atoms with Crippen LogP contribution in [0, 0.1) is 0 Å². The Morgan fingerprint density at radius 2 is 2.06 bits per heavy atom. The number of rotatable bonds is 1. The van der Waals surface area contributed by atoms with Crippen molar-refractivity contribution in [2.24, 2.45) is 0 Å². The lowest BCUT2D eigenvalue weighted by atomic mass is 9.97. The molecule has 0 fully saturated rings. The maximum atomic E-state index is 11.9. The second kappa shape index (κ2) is 4.45. The number of para-hydroxylation sites is 1. The maximum Gasteiger partial charge on any atom is 0.228 e. The SMILES string of the molecule is CC(=O)n1c(C2=CCCCC2)cc2ccccc21. The third-order valence-corrected chi connectivity index (χ3v) is 3.65. The van der Waals surface area contributed by atoms with Gasteiger partial charge in [0.25, 0.3) is 0 Å². The quantitative estimate of drug-likeness (QED) is 0.728. The zero-order chi connectivity index (χ0) is 12.5. The van der Waals surface area contributed by atoms with E-state index < -0.39 is 0 Å². The monoisotopic (exact) mass is 239 g/mol. The molecule has 0 aliphatic heterocycles. The molecule has 0 amide bonds. The van der Waals surface area contributed by atoms with Gasteiger partial charge in [0, 0.05) is 12.3 Å². The molecular formula is C16H17NO. The maximum absolute atomic E-state index is 11.9. The number of carbonyl (C=O) groups excluding carboxylic acids is 1. The average Bonchev–Trinajstić information content (AvgIpc) is 2.79. The van der Waals surface area contributed by atoms with E-state index in [4.69, 9.17) is 0 Å². The molecule has 0 atom stereocenters. The summed E-state index contributed by atoms with van der Waals surface area (Å²) in [4.78, 5) is 11.9. The molecule has 2 nitrogen and oxygen atoms in total. The summed E-state index contributed by atoms with van der Waals surface area (Å²) in [6, 6.07) is 10.2. The summed E-state index contributed by atoms with van der Waals surface area (Å²) in [6.45, 7) is 1.64. The van der Waals surface area contributed by atoms with Gasteiger partial charge in [-0.25, -0.2) is 0 Å². The Labute approximate surface area is 107 Å². The second-order valence-corrected chi connectivity index (χ2v) is 4.92. The fraction of sp³-hybridized carbons (Fsp3) is 0.312. The Balaban J connectivity index is 2.24. The predicted molar refractivity (Wildman–Crippen MR) is 74.7 cm³/mol. The van der Waals surface area contributed by atoms with Crippen molar-refractivity contribution in [3.05, 3.63) is 42.1 Å². The Kier molecular flexibility index (Phi) is 2.78. The Bertz CT molecular complexity index is 634. The molecule has 0 N–H and O–H groups in total. The molecule has 1 heterocycles. The van der Waals surface area contributed by atoms with Crippen molar-refractivity contribution in [3.63, 3.8) is 0 Å². The minimum Gasteiger partial charge on any atom is -0.280 e. The van der Waals surface area contributed by atoms with Crippen LogP contribution in [0.5, 0.6) is 0 Å². The molecule has 1 aliphatic rings. The number of aromatic nitrogens is 1. The van der Waals surface area contributed by atoms with E-state index in [2.05, 4.69) is 18.2 Å². The highest BCUT2D eigenvalue weighted by molar-refractivity contribution is 5.96. The van der Waals surface area contributed by atoms with E-state index in [0.29, 0.717) is 0 Å². The lowest BCUT2D eigenvalue weighted by Crippen LogP contribution is -2.09. The molecule has 3 rings (SSSR count). The molecule has 0 unspecified atom stereocenters. The van der Waals surface area contributed by atoms with Gasteiger partial charge in [-0.15, -0.1) is 0 Å². The minimum atomic E-state index is 0.0951. The van der Waals surface area contributed by atoms with E-state index in [-0.39, 0.29) is 5.91 Å². The number of carbonyl (C=O) groups is 1. The van der Waals surface area contributed by atoms with Crippen LogP contribution in [0.25, 0.3) is 16.5 Å². The van der Waals surface area contributed by atoms with Gasteiger partial charge in [0.2, 0.25) is 5.91 Å². The molecule has 1 aliphatic carbocycles. The van der Waals surface area contributed by atoms with E-state index in [1.807, 2.05) is 22.8 Å². The minimum absolute atomic E-state index is 0.0951. The van der Waals surface area contributed by atoms with Crippen LogP contribution in [0.4, 0.5) is 0 Å². The van der Waals surface area contributed by atoms with Crippen LogP contribution in [0.2, 0.25) is 0 Å². The van der Waals surface area contributed by atoms with Crippen molar-refractivity contribution in [1.29, 1.82) is 0 Å². The Morgan fingerprint density at radius 3 is 2.78 bits per heavy atom. The van der Waals surface area contributed by atoms with E-state index in [0.717, 1.165) is 29.4 Å². The highest BCUT2D eigenvalue weighted by Gasteiger charge is 2.16. The largest absolute Gasteiger partial charge is 0.280 e. The smallest absolute Gasteiger partial charge is 0.228 e. The molecule has 18 heavy (non-hydrogen) atoms. The van der Waals surface area contributed by atoms with Gasteiger partial charge in [0.1, 0.15) is 0 Å². The summed E-state index contributed by atoms with van der Waals surface area (Å²) in [7, 11) is 0. The van der Waals surface area contributed by atoms with Gasteiger partial charge >= 0.3 is 0 Å². The normalized spacial score (nSPS) is 15.7. The van der Waals surface area contributed by atoms with E-state index >= 15 is 0 Å². The fourth-order valence-corrected chi connectivity index (χ4v) is 2.80. The zero-order valence-electron chi connectivity index (χ0n) is 10.6. The van der Waals surface area contributed by atoms with Gasteiger partial charge in [-0.1, -0.05) is 24.3 Å². The zero-order valence-corrected chi connectivity index (χ0v) is 10.6. The number of hydrogen-bond acceptors (Lipinski definition) is 1. The van der Waals surface area contributed by atoms with Crippen LogP contribution in [0.15, 0.2) is 36.4 Å². The number of fused-ring (bicyclic) bond motifs is 1. The fourth-order valence-electron chi connectivity index (χ4n) is 2.80. The summed E-state index contributed by atoms with van der Waals surface area (Å²) in [6.07, 6.45) is 7.00. The van der Waals surface area contributed by atoms with Crippen LogP contribution in [0.1, 0.15) is 43.1 Å². The summed E-state index contributed by atoms with van der Waals surface area (Å²) < 4.78 is 1.85. The predicted octanol–water partition coefficient (Wildman–Crippen LogP) is 4.26. The van der Waals surface area contributed by atoms with Crippen LogP contribution in [-0.4, -0.2) is 10.5 Å². The van der Waals surface area contributed by atoms with Crippen LogP contribution >= 0.6 is 0 Å². The molecule has 2 aromatic rings. The molecular weight excluding hydrogens is 222 g/mol. The Hall–Kier alpha value is -1.83. The van der Waals surface area contributed by atoms with Crippen molar-refractivity contribution >= 4 is 22.4 Å². The highest BCUT2D eigenvalue weighted by Crippen LogP contribution is 2.31. The van der Waals surface area contributed by atoms with E-state index in [9.17, 15) is 4.79 Å². The average molecular weight is 239 g/mol. The van der Waals surface area contributed by atoms with Gasteiger partial charge in [-0.3, -0.25) is 9.36 Å². The summed E-state index contributed by atoms with van der Waals surface area (Å²) in [5.41, 5.74) is 3.43. The van der Waals surface area contributed by atoms with Gasteiger partial charge < -0.3 is 0 Å². The molecule has 0 saturated carbocycles. The number of allylic oxidation sites excluding steroid dienone is 2. The van der Waals surface area contributed by atoms with Crippen LogP contribution < -0.4 is 0 Å². The molecule has 0 bridgehead atoms. The molecule has 0 radical (unpaired) electrons. The lowest BCUT2D eigenvalue weighted by molar-refractivity contribution is 0.0941. The first-order valence-corrected chi connectivity index (χ1v) is 6.58. The van der Waals surface area contributed by atoms with Crippen LogP contribution in [0.3, 0.4) is 0 Å². The van der Waals surface area contributed by atoms with Crippen molar-refractivity contribution in [2.45, 2.75) is 32.6 Å². The van der Waals surface area contributed by atoms with E-state index in [1.165, 1.54) is 18.4 Å². The van der Waals surface area contributed by atoms with Crippen LogP contribution in [-0.2, 0) is 0 Å². The molecule has 2 heteroatoms. The number of benzene rings is 1. The van der Waals surface area contributed by atoms with Crippen molar-refractivity contribution in [3.8, 4) is 0 Å². The van der Waals surface area contributed by atoms with Gasteiger partial charge in [-0.2, -0.15) is 0 Å². The molecule has 0 saturated heterocycles. The van der Waals surface area contributed by atoms with Crippen molar-refractivity contribution in [2.75, 3.05) is 0 Å². The van der Waals surface area contributed by atoms with Crippen molar-refractivity contribution in [1.82, 2.24) is 4.57 Å². The number of nitrogens with zero attached hydrogens (tertiary/aromatic N) is 1. The standard InChI is InChI=1S/C16H17NO/c1-12(18)17-15-10-6-5-9-14(15)11-16(17)13-7-3-2-4-8-13/h5-7,9-11H,2-4,8H2,1H3. The third-order valence-electron chi connectivity index (χ3n) is 3.65. The third kappa shape index (κ3) is 1.78. The van der Waals surface area contributed by atoms with Gasteiger partial charge in [-0.05, 0) is 43.4 Å². The van der Waals surface area contributed by atoms with Gasteiger partial charge in [0.05, 0.1) is 11.2 Å². The van der Waals surface area contributed by atoms with Crippen molar-refractivity contribution < 1.29 is 4.79 Å². The highest BCUT2D eigenvalue weighted by atomic mass is 16.1. The molecule has 0 spiro atoms. The number of hydrogen-bond donors (Lipinski definition) is 0. The first-order chi connectivity index (χ1) is 8.77. The lowest BCUT2D eigenvalue weighted by Gasteiger charge is -2.14. The summed E-state index contributed by atoms with van der Waals surface area (Å²) >= 11 is 0. The molecule has 92 valence electrons. The summed E-state index contributed by atoms with van der Waals surface area (Å²) in [5.74, 6) is 0.0951. The molecule has 1 aromatic heterocycles. The Morgan fingerprint density at radius 1 is 1.22 bits per heavy atom. The topological polar surface area (TPSA) is 22.0 Å².